The number of aliphatic hydroxyl groups is 2. The third kappa shape index (κ3) is 28.1. The maximum absolute atomic E-state index is 12.5. The number of nitrogens with one attached hydrogen (secondary N) is 1. The maximum atomic E-state index is 12.5. The molecule has 0 aromatic carbocycles. The molecule has 0 saturated carbocycles. The first-order chi connectivity index (χ1) is 20.2. The fourth-order valence-corrected chi connectivity index (χ4v) is 6.40. The Morgan fingerprint density at radius 3 is 1.19 bits per heavy atom. The first-order valence-corrected chi connectivity index (χ1v) is 19.4. The van der Waals surface area contributed by atoms with E-state index in [1.54, 1.807) is 0 Å². The summed E-state index contributed by atoms with van der Waals surface area (Å²) in [7, 11) is -4.39. The molecule has 0 saturated heterocycles. The molecule has 1 amide bonds. The van der Waals surface area contributed by atoms with Crippen LogP contribution in [0.1, 0.15) is 187 Å². The Morgan fingerprint density at radius 2 is 0.857 bits per heavy atom. The molecule has 252 valence electrons. The Balaban J connectivity index is 4.04. The fraction of sp³-hybridized carbons (Fsp3) is 0.971. The predicted molar refractivity (Wildman–Crippen MR) is 176 cm³/mol. The van der Waals surface area contributed by atoms with E-state index < -0.39 is 40.0 Å². The van der Waals surface area contributed by atoms with Crippen LogP contribution in [0.5, 0.6) is 0 Å². The van der Waals surface area contributed by atoms with Crippen molar-refractivity contribution in [2.45, 2.75) is 205 Å². The molecule has 0 aromatic rings. The van der Waals surface area contributed by atoms with Gasteiger partial charge in [-0.15, -0.1) is 0 Å². The van der Waals surface area contributed by atoms with Crippen molar-refractivity contribution in [2.75, 3.05) is 5.75 Å². The molecule has 0 aliphatic rings. The van der Waals surface area contributed by atoms with Crippen LogP contribution >= 0.6 is 0 Å². The first-order valence-electron chi connectivity index (χ1n) is 17.8. The first kappa shape index (κ1) is 41.3. The van der Waals surface area contributed by atoms with Crippen molar-refractivity contribution < 1.29 is 28.0 Å². The van der Waals surface area contributed by atoms with Gasteiger partial charge in [-0.2, -0.15) is 8.42 Å². The predicted octanol–water partition coefficient (Wildman–Crippen LogP) is 8.65. The average molecular weight is 620 g/mol. The number of hydrogen-bond donors (Lipinski definition) is 4. The summed E-state index contributed by atoms with van der Waals surface area (Å²) in [6.45, 7) is 4.47. The molecule has 0 fully saturated rings. The van der Waals surface area contributed by atoms with Crippen LogP contribution in [0, 0.1) is 0 Å². The van der Waals surface area contributed by atoms with Crippen LogP contribution in [0.25, 0.3) is 0 Å². The quantitative estimate of drug-likeness (QED) is 0.0441. The maximum Gasteiger partial charge on any atom is 0.266 e. The zero-order valence-electron chi connectivity index (χ0n) is 27.5. The summed E-state index contributed by atoms with van der Waals surface area (Å²) in [4.78, 5) is 12.5. The van der Waals surface area contributed by atoms with Gasteiger partial charge in [-0.05, 0) is 12.8 Å². The number of carbonyl (C=O) groups excluding carboxylic acids is 1. The highest BCUT2D eigenvalue weighted by atomic mass is 32.2. The topological polar surface area (TPSA) is 124 Å². The summed E-state index contributed by atoms with van der Waals surface area (Å²) < 4.78 is 32.4. The summed E-state index contributed by atoms with van der Waals surface area (Å²) in [5.74, 6) is -1.45. The lowest BCUT2D eigenvalue weighted by atomic mass is 10.0. The summed E-state index contributed by atoms with van der Waals surface area (Å²) in [5.41, 5.74) is 0. The third-order valence-corrected chi connectivity index (χ3v) is 9.20. The average Bonchev–Trinajstić information content (AvgIpc) is 2.94. The molecule has 0 radical (unpaired) electrons. The normalized spacial score (nSPS) is 14.1. The van der Waals surface area contributed by atoms with E-state index >= 15 is 0 Å². The molecule has 7 nitrogen and oxygen atoms in total. The minimum absolute atomic E-state index is 0.302. The van der Waals surface area contributed by atoms with Crippen LogP contribution < -0.4 is 5.32 Å². The van der Waals surface area contributed by atoms with Gasteiger partial charge in [-0.1, -0.05) is 174 Å². The van der Waals surface area contributed by atoms with Crippen molar-refractivity contribution in [3.8, 4) is 0 Å². The SMILES string of the molecule is CCCCCCCCCCCCCCCCCC(O)C(CS(=O)(=O)O)NC(=O)C(O)CCCCCCCCCCCC. The van der Waals surface area contributed by atoms with Gasteiger partial charge >= 0.3 is 0 Å². The highest BCUT2D eigenvalue weighted by Crippen LogP contribution is 2.16. The molecular formula is C34H69NO6S. The molecule has 4 N–H and O–H groups in total. The number of unbranched alkanes of at least 4 members (excludes halogenated alkanes) is 23. The van der Waals surface area contributed by atoms with Gasteiger partial charge < -0.3 is 15.5 Å². The van der Waals surface area contributed by atoms with Gasteiger partial charge in [0, 0.05) is 0 Å². The largest absolute Gasteiger partial charge is 0.391 e. The van der Waals surface area contributed by atoms with Crippen molar-refractivity contribution in [3.63, 3.8) is 0 Å². The van der Waals surface area contributed by atoms with Crippen molar-refractivity contribution in [1.29, 1.82) is 0 Å². The lowest BCUT2D eigenvalue weighted by Crippen LogP contribution is -2.50. The molecule has 0 rings (SSSR count). The zero-order chi connectivity index (χ0) is 31.3. The van der Waals surface area contributed by atoms with Crippen molar-refractivity contribution >= 4 is 16.0 Å². The molecule has 0 aliphatic heterocycles. The van der Waals surface area contributed by atoms with Crippen LogP contribution in [0.2, 0.25) is 0 Å². The van der Waals surface area contributed by atoms with Crippen LogP contribution in [-0.4, -0.2) is 53.1 Å². The van der Waals surface area contributed by atoms with Crippen LogP contribution in [0.3, 0.4) is 0 Å². The van der Waals surface area contributed by atoms with E-state index in [1.165, 1.54) is 109 Å². The van der Waals surface area contributed by atoms with Gasteiger partial charge in [0.15, 0.2) is 0 Å². The molecular weight excluding hydrogens is 550 g/mol. The molecule has 0 aromatic heterocycles. The van der Waals surface area contributed by atoms with Gasteiger partial charge in [-0.3, -0.25) is 9.35 Å². The molecule has 0 aliphatic carbocycles. The van der Waals surface area contributed by atoms with Crippen molar-refractivity contribution in [1.82, 2.24) is 5.32 Å². The van der Waals surface area contributed by atoms with Crippen molar-refractivity contribution in [2.24, 2.45) is 0 Å². The van der Waals surface area contributed by atoms with Crippen LogP contribution in [0.15, 0.2) is 0 Å². The number of amides is 1. The lowest BCUT2D eigenvalue weighted by molar-refractivity contribution is -0.131. The molecule has 3 unspecified atom stereocenters. The summed E-state index contributed by atoms with van der Waals surface area (Å²) in [6, 6.07) is -1.14. The van der Waals surface area contributed by atoms with E-state index in [0.717, 1.165) is 51.4 Å². The summed E-state index contributed by atoms with van der Waals surface area (Å²) >= 11 is 0. The van der Waals surface area contributed by atoms with E-state index in [-0.39, 0.29) is 0 Å². The third-order valence-electron chi connectivity index (χ3n) is 8.42. The van der Waals surface area contributed by atoms with E-state index in [4.69, 9.17) is 0 Å². The monoisotopic (exact) mass is 619 g/mol. The zero-order valence-corrected chi connectivity index (χ0v) is 28.3. The number of rotatable bonds is 32. The standard InChI is InChI=1S/C34H69NO6S/c1-3-5-7-9-11-13-15-16-17-18-19-21-22-24-26-28-32(36)31(30-42(39,40)41)35-34(38)33(37)29-27-25-23-20-14-12-10-8-6-4-2/h31-33,36-37H,3-30H2,1-2H3,(H,35,38)(H,39,40,41). The second-order valence-electron chi connectivity index (χ2n) is 12.7. The molecule has 0 bridgehead atoms. The van der Waals surface area contributed by atoms with Gasteiger partial charge in [0.2, 0.25) is 5.91 Å². The Morgan fingerprint density at radius 1 is 0.548 bits per heavy atom. The number of hydrogen-bond acceptors (Lipinski definition) is 5. The molecule has 3 atom stereocenters. The van der Waals surface area contributed by atoms with Crippen LogP contribution in [0.4, 0.5) is 0 Å². The Kier molecular flexibility index (Phi) is 28.6. The van der Waals surface area contributed by atoms with Gasteiger partial charge in [0.25, 0.3) is 10.1 Å². The smallest absolute Gasteiger partial charge is 0.266 e. The van der Waals surface area contributed by atoms with Crippen molar-refractivity contribution in [3.05, 3.63) is 0 Å². The van der Waals surface area contributed by atoms with E-state index in [1.807, 2.05) is 0 Å². The van der Waals surface area contributed by atoms with Crippen LogP contribution in [-0.2, 0) is 14.9 Å². The number of carbonyl (C=O) groups is 1. The van der Waals surface area contributed by atoms with Gasteiger partial charge in [0.1, 0.15) is 6.10 Å². The lowest BCUT2D eigenvalue weighted by Gasteiger charge is -2.24. The second-order valence-corrected chi connectivity index (χ2v) is 14.2. The van der Waals surface area contributed by atoms with Gasteiger partial charge in [0.05, 0.1) is 17.9 Å². The Bertz CT molecular complexity index is 702. The molecule has 42 heavy (non-hydrogen) atoms. The van der Waals surface area contributed by atoms with E-state index in [2.05, 4.69) is 19.2 Å². The minimum Gasteiger partial charge on any atom is -0.391 e. The molecule has 0 spiro atoms. The Labute approximate surface area is 260 Å². The summed E-state index contributed by atoms with van der Waals surface area (Å²) in [6.07, 6.45) is 28.4. The highest BCUT2D eigenvalue weighted by molar-refractivity contribution is 7.85. The fourth-order valence-electron chi connectivity index (χ4n) is 5.64. The van der Waals surface area contributed by atoms with E-state index in [0.29, 0.717) is 12.8 Å². The minimum atomic E-state index is -4.39. The second kappa shape index (κ2) is 29.0. The molecule has 8 heteroatoms. The Hall–Kier alpha value is -0.700. The van der Waals surface area contributed by atoms with Gasteiger partial charge in [-0.25, -0.2) is 0 Å². The van der Waals surface area contributed by atoms with E-state index in [9.17, 15) is 28.0 Å². The summed E-state index contributed by atoms with van der Waals surface area (Å²) in [5, 5.41) is 23.4. The highest BCUT2D eigenvalue weighted by Gasteiger charge is 2.28. The molecule has 0 heterocycles. The number of aliphatic hydroxyl groups excluding tert-OH is 2.